The Morgan fingerprint density at radius 3 is 2.39 bits per heavy atom. The fourth-order valence-electron chi connectivity index (χ4n) is 3.50. The molecular weight excluding hydrogens is 456 g/mol. The van der Waals surface area contributed by atoms with Crippen molar-refractivity contribution in [2.75, 3.05) is 4.90 Å². The molecule has 6 heteroatoms. The summed E-state index contributed by atoms with van der Waals surface area (Å²) < 4.78 is 2.20. The molecule has 0 unspecified atom stereocenters. The largest absolute Gasteiger partial charge is 1.00 e. The number of aryl methyl sites for hydroxylation is 1. The number of aromatic nitrogens is 1. The van der Waals surface area contributed by atoms with Gasteiger partial charge in [0.15, 0.2) is 6.20 Å². The second-order valence-electron chi connectivity index (χ2n) is 7.23. The van der Waals surface area contributed by atoms with Gasteiger partial charge in [0.25, 0.3) is 0 Å². The van der Waals surface area contributed by atoms with Crippen LogP contribution >= 0.6 is 0 Å². The molecule has 0 aliphatic heterocycles. The number of carbonyl (C=O) groups excluding carboxylic acids is 1. The molecule has 0 saturated carbocycles. The molecule has 0 spiro atoms. The minimum absolute atomic E-state index is 0. The van der Waals surface area contributed by atoms with Crippen molar-refractivity contribution in [1.82, 2.24) is 0 Å². The van der Waals surface area contributed by atoms with Gasteiger partial charge in [-0.25, -0.2) is 0 Å². The molecule has 162 valence electrons. The number of unbranched alkanes of at least 4 members (excludes halogenated alkanes) is 2. The summed E-state index contributed by atoms with van der Waals surface area (Å²) in [7, 11) is 0. The van der Waals surface area contributed by atoms with Crippen LogP contribution in [0, 0.1) is 0 Å². The molecule has 2 aromatic carbocycles. The first-order valence-electron chi connectivity index (χ1n) is 10.2. The maximum Gasteiger partial charge on any atom is 0.303 e. The topological polar surface area (TPSA) is 61.5 Å². The minimum Gasteiger partial charge on any atom is -1.00 e. The smallest absolute Gasteiger partial charge is 0.303 e. The molecule has 0 saturated heterocycles. The lowest BCUT2D eigenvalue weighted by Crippen LogP contribution is -3.00. The van der Waals surface area contributed by atoms with Crippen LogP contribution in [-0.4, -0.2) is 17.0 Å². The number of amides is 1. The predicted octanol–water partition coefficient (Wildman–Crippen LogP) is 1.80. The Balaban J connectivity index is 0.00000341. The van der Waals surface area contributed by atoms with Gasteiger partial charge in [0.2, 0.25) is 11.4 Å². The molecular formula is C25H27BrN2O3. The minimum atomic E-state index is -0.737. The molecule has 0 fully saturated rings. The van der Waals surface area contributed by atoms with E-state index in [-0.39, 0.29) is 29.3 Å². The van der Waals surface area contributed by atoms with Crippen LogP contribution in [0.25, 0.3) is 17.0 Å². The molecule has 0 bridgehead atoms. The molecule has 3 aromatic rings. The normalized spacial score (nSPS) is 10.7. The molecule has 3 rings (SSSR count). The summed E-state index contributed by atoms with van der Waals surface area (Å²) >= 11 is 0. The van der Waals surface area contributed by atoms with Crippen molar-refractivity contribution < 1.29 is 36.2 Å². The Labute approximate surface area is 193 Å². The van der Waals surface area contributed by atoms with E-state index in [4.69, 9.17) is 5.11 Å². The maximum absolute atomic E-state index is 12.1. The number of para-hydroxylation sites is 2. The SMILES string of the molecule is CC(=O)N(/C=C/c1cc[n+](CCCCCC(=O)O)c2ccccc12)c1ccccc1.[Br-]. The van der Waals surface area contributed by atoms with Crippen molar-refractivity contribution in [3.8, 4) is 0 Å². The van der Waals surface area contributed by atoms with Gasteiger partial charge in [-0.15, -0.1) is 0 Å². The van der Waals surface area contributed by atoms with Crippen LogP contribution in [-0.2, 0) is 16.1 Å². The highest BCUT2D eigenvalue weighted by Crippen LogP contribution is 2.19. The third kappa shape index (κ3) is 6.76. The van der Waals surface area contributed by atoms with Gasteiger partial charge in [0.05, 0.1) is 5.39 Å². The molecule has 0 aliphatic carbocycles. The number of nitrogens with zero attached hydrogens (tertiary/aromatic N) is 2. The Bertz CT molecular complexity index is 1050. The third-order valence-electron chi connectivity index (χ3n) is 5.02. The lowest BCUT2D eigenvalue weighted by atomic mass is 10.1. The van der Waals surface area contributed by atoms with Crippen LogP contribution in [0.5, 0.6) is 0 Å². The van der Waals surface area contributed by atoms with Gasteiger partial charge in [0.1, 0.15) is 6.54 Å². The number of rotatable bonds is 9. The van der Waals surface area contributed by atoms with E-state index in [2.05, 4.69) is 29.0 Å². The van der Waals surface area contributed by atoms with E-state index in [0.29, 0.717) is 6.42 Å². The Kier molecular flexibility index (Phi) is 9.40. The van der Waals surface area contributed by atoms with E-state index in [1.807, 2.05) is 54.7 Å². The lowest BCUT2D eigenvalue weighted by Gasteiger charge is -2.16. The Morgan fingerprint density at radius 1 is 0.968 bits per heavy atom. The summed E-state index contributed by atoms with van der Waals surface area (Å²) in [5.74, 6) is -0.784. The van der Waals surface area contributed by atoms with Gasteiger partial charge >= 0.3 is 5.97 Å². The fourth-order valence-corrected chi connectivity index (χ4v) is 3.50. The first kappa shape index (κ1) is 24.3. The molecule has 1 heterocycles. The van der Waals surface area contributed by atoms with E-state index < -0.39 is 5.97 Å². The summed E-state index contributed by atoms with van der Waals surface area (Å²) in [5.41, 5.74) is 2.99. The summed E-state index contributed by atoms with van der Waals surface area (Å²) in [5, 5.41) is 9.87. The van der Waals surface area contributed by atoms with Crippen molar-refractivity contribution >= 4 is 34.5 Å². The maximum atomic E-state index is 12.1. The number of carboxylic acid groups (broad SMARTS) is 1. The van der Waals surface area contributed by atoms with Crippen LogP contribution in [0.2, 0.25) is 0 Å². The van der Waals surface area contributed by atoms with E-state index in [9.17, 15) is 9.59 Å². The van der Waals surface area contributed by atoms with Crippen molar-refractivity contribution in [2.45, 2.75) is 39.2 Å². The summed E-state index contributed by atoms with van der Waals surface area (Å²) in [6, 6.07) is 19.8. The lowest BCUT2D eigenvalue weighted by molar-refractivity contribution is -0.671. The van der Waals surface area contributed by atoms with Crippen LogP contribution in [0.4, 0.5) is 5.69 Å². The number of aliphatic carboxylic acids is 1. The third-order valence-corrected chi connectivity index (χ3v) is 5.02. The van der Waals surface area contributed by atoms with Gasteiger partial charge in [0, 0.05) is 43.8 Å². The highest BCUT2D eigenvalue weighted by Gasteiger charge is 2.12. The molecule has 1 amide bonds. The van der Waals surface area contributed by atoms with E-state index in [1.54, 1.807) is 11.8 Å². The predicted molar refractivity (Wildman–Crippen MR) is 119 cm³/mol. The number of carbonyl (C=O) groups is 2. The number of pyridine rings is 1. The van der Waals surface area contributed by atoms with Crippen LogP contribution < -0.4 is 26.4 Å². The van der Waals surface area contributed by atoms with Crippen LogP contribution in [0.1, 0.15) is 38.2 Å². The molecule has 0 atom stereocenters. The second-order valence-corrected chi connectivity index (χ2v) is 7.23. The zero-order chi connectivity index (χ0) is 21.3. The van der Waals surface area contributed by atoms with Gasteiger partial charge in [-0.2, -0.15) is 4.57 Å². The number of benzene rings is 2. The Morgan fingerprint density at radius 2 is 1.68 bits per heavy atom. The monoisotopic (exact) mass is 482 g/mol. The first-order chi connectivity index (χ1) is 14.6. The van der Waals surface area contributed by atoms with Crippen LogP contribution in [0.3, 0.4) is 0 Å². The highest BCUT2D eigenvalue weighted by atomic mass is 79.9. The molecule has 0 aliphatic rings. The number of fused-ring (bicyclic) bond motifs is 1. The van der Waals surface area contributed by atoms with Crippen LogP contribution in [0.15, 0.2) is 73.1 Å². The first-order valence-corrected chi connectivity index (χ1v) is 10.2. The molecule has 1 aromatic heterocycles. The van der Waals surface area contributed by atoms with Gasteiger partial charge in [-0.3, -0.25) is 14.5 Å². The number of hydrogen-bond donors (Lipinski definition) is 1. The van der Waals surface area contributed by atoms with Crippen molar-refractivity contribution in [3.05, 3.63) is 78.6 Å². The van der Waals surface area contributed by atoms with Gasteiger partial charge in [-0.05, 0) is 42.7 Å². The van der Waals surface area contributed by atoms with Crippen molar-refractivity contribution in [1.29, 1.82) is 0 Å². The zero-order valence-corrected chi connectivity index (χ0v) is 19.2. The summed E-state index contributed by atoms with van der Waals surface area (Å²) in [6.07, 6.45) is 8.59. The van der Waals surface area contributed by atoms with Crippen molar-refractivity contribution in [2.24, 2.45) is 0 Å². The second kappa shape index (κ2) is 12.0. The molecule has 31 heavy (non-hydrogen) atoms. The number of halogens is 1. The number of anilines is 1. The standard InChI is InChI=1S/C25H26N2O3.BrH/c1-20(28)27(22-10-4-2-5-11-22)19-16-21-15-18-26(17-9-3-6-14-25(29)30)24-13-8-7-12-23(21)24;/h2,4-5,7-8,10-13,15-16,18-19H,3,6,9,14,17H2,1H3;1H. The molecule has 0 radical (unpaired) electrons. The van der Waals surface area contributed by atoms with Crippen molar-refractivity contribution in [3.63, 3.8) is 0 Å². The average molecular weight is 483 g/mol. The van der Waals surface area contributed by atoms with Gasteiger partial charge in [-0.1, -0.05) is 30.3 Å². The summed E-state index contributed by atoms with van der Waals surface area (Å²) in [6.45, 7) is 2.40. The Hall–Kier alpha value is -2.99. The molecule has 1 N–H and O–H groups in total. The zero-order valence-electron chi connectivity index (χ0n) is 17.6. The number of hydrogen-bond acceptors (Lipinski definition) is 2. The average Bonchev–Trinajstić information content (AvgIpc) is 2.75. The quantitative estimate of drug-likeness (QED) is 0.373. The fraction of sp³-hybridized carbons (Fsp3) is 0.240. The van der Waals surface area contributed by atoms with E-state index in [0.717, 1.165) is 41.5 Å². The highest BCUT2D eigenvalue weighted by molar-refractivity contribution is 5.95. The number of carboxylic acids is 1. The molecule has 5 nitrogen and oxygen atoms in total. The van der Waals surface area contributed by atoms with Gasteiger partial charge < -0.3 is 22.1 Å². The van der Waals surface area contributed by atoms with E-state index in [1.165, 1.54) is 0 Å². The van der Waals surface area contributed by atoms with E-state index >= 15 is 0 Å². The summed E-state index contributed by atoms with van der Waals surface area (Å²) in [4.78, 5) is 24.4.